The molecule has 0 aliphatic carbocycles. The smallest absolute Gasteiger partial charge is 0.296 e. The molecule has 0 radical (unpaired) electrons. The molecular weight excluding hydrogens is 432 g/mol. The van der Waals surface area contributed by atoms with E-state index < -0.39 is 10.1 Å². The fourth-order valence-electron chi connectivity index (χ4n) is 3.33. The third-order valence-corrected chi connectivity index (χ3v) is 6.69. The quantitative estimate of drug-likeness (QED) is 0.421. The molecule has 0 bridgehead atoms. The highest BCUT2D eigenvalue weighted by molar-refractivity contribution is 7.86. The van der Waals surface area contributed by atoms with Gasteiger partial charge in [0.05, 0.1) is 12.0 Å². The number of benzene rings is 3. The highest BCUT2D eigenvalue weighted by Gasteiger charge is 2.22. The van der Waals surface area contributed by atoms with Crippen LogP contribution in [0.1, 0.15) is 58.2 Å². The van der Waals surface area contributed by atoms with Crippen molar-refractivity contribution in [2.45, 2.75) is 64.2 Å². The normalized spacial score (nSPS) is 12.1. The van der Waals surface area contributed by atoms with Crippen LogP contribution in [0.2, 0.25) is 0 Å². The fourth-order valence-corrected chi connectivity index (χ4v) is 3.99. The lowest BCUT2D eigenvalue weighted by molar-refractivity contribution is 0.398. The minimum absolute atomic E-state index is 0.0779. The van der Waals surface area contributed by atoms with Crippen LogP contribution in [0.4, 0.5) is 0 Å². The lowest BCUT2D eigenvalue weighted by Gasteiger charge is -2.27. The number of aryl methyl sites for hydroxylation is 1. The molecular formula is C28H36O4S. The van der Waals surface area contributed by atoms with Gasteiger partial charge < -0.3 is 5.11 Å². The molecule has 1 N–H and O–H groups in total. The van der Waals surface area contributed by atoms with E-state index in [0.29, 0.717) is 5.75 Å². The maximum Gasteiger partial charge on any atom is 0.296 e. The van der Waals surface area contributed by atoms with Crippen LogP contribution in [0.25, 0.3) is 11.1 Å². The molecule has 0 fully saturated rings. The monoisotopic (exact) mass is 468 g/mol. The first-order chi connectivity index (χ1) is 15.1. The Kier molecular flexibility index (Phi) is 8.15. The minimum atomic E-state index is -3.51. The van der Waals surface area contributed by atoms with Gasteiger partial charge in [-0.25, -0.2) is 0 Å². The SMILES string of the molecule is CC(C)(C)c1ccc(-c2ccc(O)cc2)c(C(C)(C)C)c1.COS(=O)(=O)c1ccc(C)cc1. The van der Waals surface area contributed by atoms with Crippen LogP contribution in [0.5, 0.6) is 5.75 Å². The fraction of sp³-hybridized carbons (Fsp3) is 0.357. The summed E-state index contributed by atoms with van der Waals surface area (Å²) in [6.45, 7) is 15.4. The average Bonchev–Trinajstić information content (AvgIpc) is 2.73. The van der Waals surface area contributed by atoms with E-state index in [1.807, 2.05) is 19.1 Å². The molecule has 0 heterocycles. The third kappa shape index (κ3) is 7.18. The van der Waals surface area contributed by atoms with E-state index in [-0.39, 0.29) is 15.7 Å². The summed E-state index contributed by atoms with van der Waals surface area (Å²) in [5.74, 6) is 0.308. The summed E-state index contributed by atoms with van der Waals surface area (Å²) in [6, 6.07) is 20.7. The Labute approximate surface area is 199 Å². The molecule has 3 aromatic rings. The van der Waals surface area contributed by atoms with Gasteiger partial charge in [0.15, 0.2) is 0 Å². The molecule has 0 saturated carbocycles. The molecule has 3 rings (SSSR count). The maximum atomic E-state index is 11.1. The molecule has 5 heteroatoms. The number of aromatic hydroxyl groups is 1. The zero-order valence-electron chi connectivity index (χ0n) is 20.9. The van der Waals surface area contributed by atoms with Gasteiger partial charge in [-0.3, -0.25) is 4.18 Å². The van der Waals surface area contributed by atoms with Crippen molar-refractivity contribution in [1.29, 1.82) is 0 Å². The van der Waals surface area contributed by atoms with Gasteiger partial charge in [0.2, 0.25) is 0 Å². The summed E-state index contributed by atoms with van der Waals surface area (Å²) in [4.78, 5) is 0.190. The van der Waals surface area contributed by atoms with Gasteiger partial charge in [0.25, 0.3) is 10.1 Å². The summed E-state index contributed by atoms with van der Waals surface area (Å²) >= 11 is 0. The molecule has 33 heavy (non-hydrogen) atoms. The average molecular weight is 469 g/mol. The van der Waals surface area contributed by atoms with E-state index in [2.05, 4.69) is 63.9 Å². The highest BCUT2D eigenvalue weighted by Crippen LogP contribution is 2.36. The van der Waals surface area contributed by atoms with E-state index >= 15 is 0 Å². The van der Waals surface area contributed by atoms with Crippen LogP contribution in [0.3, 0.4) is 0 Å². The molecule has 0 aromatic heterocycles. The Morgan fingerprint density at radius 1 is 0.758 bits per heavy atom. The Balaban J connectivity index is 0.000000273. The molecule has 0 amide bonds. The molecule has 0 aliphatic heterocycles. The first-order valence-electron chi connectivity index (χ1n) is 11.0. The van der Waals surface area contributed by atoms with Gasteiger partial charge in [0, 0.05) is 0 Å². The van der Waals surface area contributed by atoms with Crippen molar-refractivity contribution >= 4 is 10.1 Å². The Bertz CT molecular complexity index is 1160. The minimum Gasteiger partial charge on any atom is -0.508 e. The number of rotatable bonds is 3. The number of phenols is 1. The van der Waals surface area contributed by atoms with Crippen LogP contribution in [0, 0.1) is 6.92 Å². The Morgan fingerprint density at radius 2 is 1.30 bits per heavy atom. The van der Waals surface area contributed by atoms with Crippen molar-refractivity contribution in [3.8, 4) is 16.9 Å². The van der Waals surface area contributed by atoms with Gasteiger partial charge >= 0.3 is 0 Å². The van der Waals surface area contributed by atoms with Crippen molar-refractivity contribution in [1.82, 2.24) is 0 Å². The van der Waals surface area contributed by atoms with E-state index in [1.54, 1.807) is 24.3 Å². The summed E-state index contributed by atoms with van der Waals surface area (Å²) in [6.07, 6.45) is 0. The lowest BCUT2D eigenvalue weighted by atomic mass is 9.77. The Hall–Kier alpha value is -2.63. The highest BCUT2D eigenvalue weighted by atomic mass is 32.2. The zero-order chi connectivity index (χ0) is 25.0. The van der Waals surface area contributed by atoms with E-state index in [1.165, 1.54) is 28.8 Å². The first-order valence-corrected chi connectivity index (χ1v) is 12.4. The lowest BCUT2D eigenvalue weighted by Crippen LogP contribution is -2.17. The molecule has 4 nitrogen and oxygen atoms in total. The van der Waals surface area contributed by atoms with Gasteiger partial charge in [-0.2, -0.15) is 8.42 Å². The van der Waals surface area contributed by atoms with Crippen molar-refractivity contribution in [3.05, 3.63) is 83.4 Å². The van der Waals surface area contributed by atoms with E-state index in [4.69, 9.17) is 0 Å². The Morgan fingerprint density at radius 3 is 1.76 bits per heavy atom. The zero-order valence-corrected chi connectivity index (χ0v) is 21.7. The second-order valence-electron chi connectivity index (χ2n) is 10.2. The van der Waals surface area contributed by atoms with Crippen LogP contribution >= 0.6 is 0 Å². The van der Waals surface area contributed by atoms with E-state index in [9.17, 15) is 13.5 Å². The molecule has 3 aromatic carbocycles. The van der Waals surface area contributed by atoms with Crippen molar-refractivity contribution in [3.63, 3.8) is 0 Å². The third-order valence-electron chi connectivity index (χ3n) is 5.40. The maximum absolute atomic E-state index is 11.1. The van der Waals surface area contributed by atoms with Crippen LogP contribution in [-0.4, -0.2) is 20.6 Å². The molecule has 0 aliphatic rings. The molecule has 0 spiro atoms. The number of hydrogen-bond acceptors (Lipinski definition) is 4. The van der Waals surface area contributed by atoms with Crippen molar-refractivity contribution in [2.24, 2.45) is 0 Å². The first kappa shape index (κ1) is 26.6. The largest absolute Gasteiger partial charge is 0.508 e. The topological polar surface area (TPSA) is 63.6 Å². The molecule has 0 unspecified atom stereocenters. The van der Waals surface area contributed by atoms with Crippen molar-refractivity contribution in [2.75, 3.05) is 7.11 Å². The number of hydrogen-bond donors (Lipinski definition) is 1. The van der Waals surface area contributed by atoms with E-state index in [0.717, 1.165) is 18.2 Å². The van der Waals surface area contributed by atoms with Gasteiger partial charge in [-0.1, -0.05) is 89.6 Å². The molecule has 178 valence electrons. The summed E-state index contributed by atoms with van der Waals surface area (Å²) in [5, 5.41) is 9.48. The predicted molar refractivity (Wildman–Crippen MR) is 136 cm³/mol. The van der Waals surface area contributed by atoms with Crippen LogP contribution in [0.15, 0.2) is 71.6 Å². The second-order valence-corrected chi connectivity index (χ2v) is 12.0. The summed E-state index contributed by atoms with van der Waals surface area (Å²) < 4.78 is 26.5. The van der Waals surface area contributed by atoms with Gasteiger partial charge in [0.1, 0.15) is 5.75 Å². The van der Waals surface area contributed by atoms with Crippen molar-refractivity contribution < 1.29 is 17.7 Å². The second kappa shape index (κ2) is 10.1. The number of phenolic OH excluding ortho intramolecular Hbond substituents is 1. The summed E-state index contributed by atoms with van der Waals surface area (Å²) in [7, 11) is -2.37. The predicted octanol–water partition coefficient (Wildman–Crippen LogP) is 6.98. The van der Waals surface area contributed by atoms with Crippen LogP contribution < -0.4 is 0 Å². The van der Waals surface area contributed by atoms with Crippen LogP contribution in [-0.2, 0) is 25.1 Å². The molecule has 0 atom stereocenters. The molecule has 0 saturated heterocycles. The standard InChI is InChI=1S/C20H26O.C8H10O3S/c1-19(2,3)15-9-12-17(18(13-15)20(4,5)6)14-7-10-16(21)11-8-14;1-7-3-5-8(6-4-7)12(9,10)11-2/h7-13,21H,1-6H3;3-6H,1-2H3. The summed E-state index contributed by atoms with van der Waals surface area (Å²) in [5.41, 5.74) is 6.34. The van der Waals surface area contributed by atoms with Gasteiger partial charge in [-0.05, 0) is 64.3 Å². The van der Waals surface area contributed by atoms with Gasteiger partial charge in [-0.15, -0.1) is 0 Å².